The molecule has 0 amide bonds. The first-order chi connectivity index (χ1) is 8.79. The van der Waals surface area contributed by atoms with E-state index >= 15 is 0 Å². The van der Waals surface area contributed by atoms with Gasteiger partial charge in [-0.15, -0.1) is 0 Å². The molecule has 3 nitrogen and oxygen atoms in total. The highest BCUT2D eigenvalue weighted by Gasteiger charge is 2.37. The van der Waals surface area contributed by atoms with Crippen molar-refractivity contribution in [2.24, 2.45) is 0 Å². The third kappa shape index (κ3) is 3.82. The summed E-state index contributed by atoms with van der Waals surface area (Å²) in [4.78, 5) is 7.68. The molecule has 1 aliphatic carbocycles. The molecule has 1 aliphatic rings. The molecule has 0 atom stereocenters. The second kappa shape index (κ2) is 5.57. The molecule has 0 saturated heterocycles. The molecule has 8 heteroatoms. The van der Waals surface area contributed by atoms with E-state index < -0.39 is 11.9 Å². The van der Waals surface area contributed by atoms with Crippen LogP contribution in [0.5, 0.6) is 0 Å². The van der Waals surface area contributed by atoms with E-state index in [1.54, 1.807) is 11.9 Å². The summed E-state index contributed by atoms with van der Waals surface area (Å²) in [6.45, 7) is 1.50. The molecule has 0 bridgehead atoms. The number of nitrogens with zero attached hydrogens (tertiary/aromatic N) is 3. The van der Waals surface area contributed by atoms with Gasteiger partial charge in [0.1, 0.15) is 3.79 Å². The van der Waals surface area contributed by atoms with Crippen molar-refractivity contribution >= 4 is 32.4 Å². The predicted molar refractivity (Wildman–Crippen MR) is 73.7 cm³/mol. The van der Waals surface area contributed by atoms with E-state index in [1.807, 2.05) is 7.05 Å². The number of likely N-dealkylation sites (N-methyl/N-ethyl adjacent to an activating group) is 2. The van der Waals surface area contributed by atoms with E-state index in [0.717, 1.165) is 17.9 Å². The molecular formula is C11H15BrF3N3S. The Hall–Kier alpha value is -0.340. The Labute approximate surface area is 122 Å². The standard InChI is InChI=1S/C11H15BrF3N3S/c1-17(7-3-4-7)5-6-18(2)10-16-8(9(12)19-10)11(13,14)15/h7H,3-6H2,1-2H3. The molecule has 1 heterocycles. The monoisotopic (exact) mass is 357 g/mol. The maximum absolute atomic E-state index is 12.6. The zero-order chi connectivity index (χ0) is 14.2. The maximum Gasteiger partial charge on any atom is 0.435 e. The Bertz CT molecular complexity index is 445. The van der Waals surface area contributed by atoms with Gasteiger partial charge in [-0.1, -0.05) is 11.3 Å². The minimum Gasteiger partial charge on any atom is -0.350 e. The fourth-order valence-corrected chi connectivity index (χ4v) is 3.28. The smallest absolute Gasteiger partial charge is 0.350 e. The van der Waals surface area contributed by atoms with Crippen molar-refractivity contribution in [1.82, 2.24) is 9.88 Å². The second-order valence-electron chi connectivity index (χ2n) is 4.75. The number of rotatable bonds is 5. The molecule has 0 spiro atoms. The van der Waals surface area contributed by atoms with Crippen LogP contribution in [-0.4, -0.2) is 43.1 Å². The van der Waals surface area contributed by atoms with Gasteiger partial charge in [0.2, 0.25) is 0 Å². The molecule has 108 valence electrons. The van der Waals surface area contributed by atoms with Gasteiger partial charge in [0.25, 0.3) is 0 Å². The van der Waals surface area contributed by atoms with Crippen molar-refractivity contribution in [3.8, 4) is 0 Å². The highest BCUT2D eigenvalue weighted by atomic mass is 79.9. The van der Waals surface area contributed by atoms with Gasteiger partial charge < -0.3 is 9.80 Å². The summed E-state index contributed by atoms with van der Waals surface area (Å²) in [7, 11) is 3.82. The van der Waals surface area contributed by atoms with E-state index in [0.29, 0.717) is 17.7 Å². The first-order valence-corrected chi connectivity index (χ1v) is 7.55. The zero-order valence-electron chi connectivity index (χ0n) is 10.7. The van der Waals surface area contributed by atoms with Crippen molar-refractivity contribution in [1.29, 1.82) is 0 Å². The zero-order valence-corrected chi connectivity index (χ0v) is 13.1. The van der Waals surface area contributed by atoms with Crippen LogP contribution in [0.3, 0.4) is 0 Å². The molecule has 1 aromatic rings. The van der Waals surface area contributed by atoms with E-state index in [-0.39, 0.29) is 3.79 Å². The third-order valence-electron chi connectivity index (χ3n) is 3.13. The summed E-state index contributed by atoms with van der Waals surface area (Å²) >= 11 is 3.95. The topological polar surface area (TPSA) is 19.4 Å². The van der Waals surface area contributed by atoms with Gasteiger partial charge in [-0.05, 0) is 35.8 Å². The molecule has 19 heavy (non-hydrogen) atoms. The van der Waals surface area contributed by atoms with E-state index in [1.165, 1.54) is 12.8 Å². The summed E-state index contributed by atoms with van der Waals surface area (Å²) in [5.41, 5.74) is -0.838. The molecule has 1 saturated carbocycles. The second-order valence-corrected chi connectivity index (χ2v) is 7.05. The average molecular weight is 358 g/mol. The van der Waals surface area contributed by atoms with Gasteiger partial charge in [0, 0.05) is 26.2 Å². The number of aromatic nitrogens is 1. The SMILES string of the molecule is CN(CCN(C)C1CC1)c1nc(C(F)(F)F)c(Br)s1. The Kier molecular flexibility index (Phi) is 4.42. The quantitative estimate of drug-likeness (QED) is 0.804. The molecule has 0 unspecified atom stereocenters. The lowest BCUT2D eigenvalue weighted by molar-refractivity contribution is -0.141. The third-order valence-corrected chi connectivity index (χ3v) is 4.95. The molecule has 1 aromatic heterocycles. The van der Waals surface area contributed by atoms with Gasteiger partial charge >= 0.3 is 6.18 Å². The van der Waals surface area contributed by atoms with Gasteiger partial charge in [-0.2, -0.15) is 13.2 Å². The summed E-state index contributed by atoms with van der Waals surface area (Å²) in [5.74, 6) is 0. The maximum atomic E-state index is 12.6. The van der Waals surface area contributed by atoms with Crippen LogP contribution in [-0.2, 0) is 6.18 Å². The lowest BCUT2D eigenvalue weighted by atomic mass is 10.5. The first-order valence-electron chi connectivity index (χ1n) is 5.94. The largest absolute Gasteiger partial charge is 0.435 e. The van der Waals surface area contributed by atoms with Gasteiger partial charge in [0.05, 0.1) is 0 Å². The fraction of sp³-hybridized carbons (Fsp3) is 0.727. The lowest BCUT2D eigenvalue weighted by Crippen LogP contribution is -2.32. The van der Waals surface area contributed by atoms with Gasteiger partial charge in [-0.3, -0.25) is 0 Å². The summed E-state index contributed by atoms with van der Waals surface area (Å²) in [5, 5.41) is 0.392. The van der Waals surface area contributed by atoms with Crippen LogP contribution in [0.1, 0.15) is 18.5 Å². The van der Waals surface area contributed by atoms with Crippen molar-refractivity contribution in [2.75, 3.05) is 32.1 Å². The summed E-state index contributed by atoms with van der Waals surface area (Å²) in [6.07, 6.45) is -1.96. The van der Waals surface area contributed by atoms with Crippen molar-refractivity contribution in [3.63, 3.8) is 0 Å². The van der Waals surface area contributed by atoms with E-state index in [4.69, 9.17) is 0 Å². The Morgan fingerprint density at radius 3 is 2.42 bits per heavy atom. The Morgan fingerprint density at radius 1 is 1.32 bits per heavy atom. The van der Waals surface area contributed by atoms with Crippen LogP contribution in [0.25, 0.3) is 0 Å². The Balaban J connectivity index is 1.96. The first kappa shape index (κ1) is 15.1. The predicted octanol–water partition coefficient (Wildman–Crippen LogP) is 3.45. The molecule has 0 N–H and O–H groups in total. The lowest BCUT2D eigenvalue weighted by Gasteiger charge is -2.21. The van der Waals surface area contributed by atoms with Crippen molar-refractivity contribution in [3.05, 3.63) is 9.48 Å². The van der Waals surface area contributed by atoms with Crippen LogP contribution < -0.4 is 4.90 Å². The number of hydrogen-bond donors (Lipinski definition) is 0. The molecule has 0 aliphatic heterocycles. The minimum absolute atomic E-state index is 0.0393. The molecular weight excluding hydrogens is 343 g/mol. The average Bonchev–Trinajstić information content (AvgIpc) is 3.07. The molecule has 2 rings (SSSR count). The normalized spacial score (nSPS) is 16.2. The number of hydrogen-bond acceptors (Lipinski definition) is 4. The highest BCUT2D eigenvalue weighted by Crippen LogP contribution is 2.40. The number of anilines is 1. The molecule has 0 radical (unpaired) electrons. The number of thiazole rings is 1. The van der Waals surface area contributed by atoms with Crippen molar-refractivity contribution < 1.29 is 13.2 Å². The Morgan fingerprint density at radius 2 is 1.95 bits per heavy atom. The minimum atomic E-state index is -4.40. The van der Waals surface area contributed by atoms with E-state index in [2.05, 4.69) is 25.8 Å². The van der Waals surface area contributed by atoms with Crippen LogP contribution in [0.2, 0.25) is 0 Å². The van der Waals surface area contributed by atoms with Crippen LogP contribution in [0.15, 0.2) is 3.79 Å². The van der Waals surface area contributed by atoms with Gasteiger partial charge in [-0.25, -0.2) is 4.98 Å². The van der Waals surface area contributed by atoms with Gasteiger partial charge in [0.15, 0.2) is 10.8 Å². The number of halogens is 4. The van der Waals surface area contributed by atoms with E-state index in [9.17, 15) is 13.2 Å². The molecule has 1 fully saturated rings. The summed E-state index contributed by atoms with van der Waals surface area (Å²) < 4.78 is 38.0. The van der Waals surface area contributed by atoms with Crippen LogP contribution in [0, 0.1) is 0 Å². The van der Waals surface area contributed by atoms with Crippen LogP contribution in [0.4, 0.5) is 18.3 Å². The molecule has 0 aromatic carbocycles. The highest BCUT2D eigenvalue weighted by molar-refractivity contribution is 9.11. The fourth-order valence-electron chi connectivity index (χ4n) is 1.73. The van der Waals surface area contributed by atoms with Crippen LogP contribution >= 0.6 is 27.3 Å². The number of alkyl halides is 3. The van der Waals surface area contributed by atoms with Crippen molar-refractivity contribution in [2.45, 2.75) is 25.1 Å². The summed E-state index contributed by atoms with van der Waals surface area (Å²) in [6, 6.07) is 0.655.